The van der Waals surface area contributed by atoms with Crippen molar-refractivity contribution in [2.45, 2.75) is 37.7 Å². The highest BCUT2D eigenvalue weighted by atomic mass is 19.1. The number of benzene rings is 1. The quantitative estimate of drug-likeness (QED) is 0.844. The highest BCUT2D eigenvalue weighted by Crippen LogP contribution is 2.21. The Morgan fingerprint density at radius 2 is 2.00 bits per heavy atom. The summed E-state index contributed by atoms with van der Waals surface area (Å²) in [4.78, 5) is 0. The average molecular weight is 256 g/mol. The van der Waals surface area contributed by atoms with E-state index in [-0.39, 0.29) is 13.0 Å². The van der Waals surface area contributed by atoms with Gasteiger partial charge in [-0.25, -0.2) is 4.39 Å². The van der Waals surface area contributed by atoms with Crippen LogP contribution in [0.25, 0.3) is 0 Å². The van der Waals surface area contributed by atoms with Crippen LogP contribution in [0.5, 0.6) is 0 Å². The van der Waals surface area contributed by atoms with Crippen molar-refractivity contribution >= 4 is 0 Å². The Kier molecular flexibility index (Phi) is 4.66. The average Bonchev–Trinajstić information content (AvgIpc) is 2.37. The van der Waals surface area contributed by atoms with E-state index in [0.29, 0.717) is 6.61 Å². The first-order chi connectivity index (χ1) is 8.66. The lowest BCUT2D eigenvalue weighted by Crippen LogP contribution is -2.47. The van der Waals surface area contributed by atoms with E-state index in [1.54, 1.807) is 0 Å². The summed E-state index contributed by atoms with van der Waals surface area (Å²) in [7, 11) is 0. The topological polar surface area (TPSA) is 58.9 Å². The molecule has 1 aromatic carbocycles. The predicted molar refractivity (Wildman–Crippen MR) is 62.5 cm³/mol. The molecule has 1 aliphatic rings. The van der Waals surface area contributed by atoms with E-state index in [4.69, 9.17) is 9.47 Å². The first-order valence-corrected chi connectivity index (χ1v) is 5.94. The third-order valence-corrected chi connectivity index (χ3v) is 2.89. The minimum atomic E-state index is -1.74. The van der Waals surface area contributed by atoms with Crippen LogP contribution in [0.1, 0.15) is 12.0 Å². The number of halogens is 1. The molecular weight excluding hydrogens is 239 g/mol. The number of aliphatic hydroxyl groups is 2. The first kappa shape index (κ1) is 13.4. The van der Waals surface area contributed by atoms with Gasteiger partial charge in [-0.1, -0.05) is 30.3 Å². The van der Waals surface area contributed by atoms with Crippen LogP contribution in [0, 0.1) is 0 Å². The Labute approximate surface area is 105 Å². The molecule has 2 rings (SSSR count). The van der Waals surface area contributed by atoms with Crippen LogP contribution in [-0.2, 0) is 16.1 Å². The Hall–Kier alpha value is -1.01. The molecule has 2 N–H and O–H groups in total. The molecule has 5 heteroatoms. The molecule has 100 valence electrons. The molecule has 0 spiro atoms. The Morgan fingerprint density at radius 3 is 2.67 bits per heavy atom. The van der Waals surface area contributed by atoms with E-state index in [2.05, 4.69) is 0 Å². The van der Waals surface area contributed by atoms with Crippen LogP contribution in [0.15, 0.2) is 30.3 Å². The van der Waals surface area contributed by atoms with Gasteiger partial charge >= 0.3 is 0 Å². The number of rotatable bonds is 4. The highest BCUT2D eigenvalue weighted by Gasteiger charge is 2.36. The number of hydrogen-bond acceptors (Lipinski definition) is 4. The lowest BCUT2D eigenvalue weighted by atomic mass is 10.0. The predicted octanol–water partition coefficient (Wildman–Crippen LogP) is 1.01. The fraction of sp³-hybridized carbons (Fsp3) is 0.538. The maximum absolute atomic E-state index is 13.1. The minimum Gasteiger partial charge on any atom is -0.390 e. The molecule has 1 heterocycles. The van der Waals surface area contributed by atoms with Gasteiger partial charge in [-0.05, 0) is 5.56 Å². The largest absolute Gasteiger partial charge is 0.390 e. The maximum atomic E-state index is 13.1. The van der Waals surface area contributed by atoms with Crippen molar-refractivity contribution in [2.24, 2.45) is 0 Å². The fourth-order valence-electron chi connectivity index (χ4n) is 1.91. The summed E-state index contributed by atoms with van der Waals surface area (Å²) < 4.78 is 23.5. The summed E-state index contributed by atoms with van der Waals surface area (Å²) in [6, 6.07) is 9.61. The van der Waals surface area contributed by atoms with Crippen molar-refractivity contribution in [1.82, 2.24) is 0 Å². The summed E-state index contributed by atoms with van der Waals surface area (Å²) in [5.74, 6) is 0. The highest BCUT2D eigenvalue weighted by molar-refractivity contribution is 5.13. The standard InChI is InChI=1S/C13H17FO4/c14-12-11(15)6-10(18-13(12)16)8-17-7-9-4-2-1-3-5-9/h1-5,10-13,15-16H,6-8H2/t10-,11+,12+,13-/m1/s1. The summed E-state index contributed by atoms with van der Waals surface area (Å²) in [6.45, 7) is 0.641. The molecule has 4 nitrogen and oxygen atoms in total. The molecule has 0 aromatic heterocycles. The van der Waals surface area contributed by atoms with Gasteiger partial charge in [0.2, 0.25) is 0 Å². The molecule has 18 heavy (non-hydrogen) atoms. The number of hydrogen-bond donors (Lipinski definition) is 2. The lowest BCUT2D eigenvalue weighted by molar-refractivity contribution is -0.237. The minimum absolute atomic E-state index is 0.132. The van der Waals surface area contributed by atoms with Crippen molar-refractivity contribution < 1.29 is 24.1 Å². The first-order valence-electron chi connectivity index (χ1n) is 5.94. The fourth-order valence-corrected chi connectivity index (χ4v) is 1.91. The summed E-state index contributed by atoms with van der Waals surface area (Å²) in [6.07, 6.45) is -4.85. The van der Waals surface area contributed by atoms with E-state index in [1.807, 2.05) is 30.3 Å². The third-order valence-electron chi connectivity index (χ3n) is 2.89. The molecular formula is C13H17FO4. The monoisotopic (exact) mass is 256 g/mol. The number of aliphatic hydroxyl groups excluding tert-OH is 2. The third kappa shape index (κ3) is 3.49. The smallest absolute Gasteiger partial charge is 0.189 e. The molecule has 4 atom stereocenters. The molecule has 0 amide bonds. The molecule has 1 saturated heterocycles. The zero-order chi connectivity index (χ0) is 13.0. The molecule has 1 aliphatic heterocycles. The number of alkyl halides is 1. The van der Waals surface area contributed by atoms with Crippen molar-refractivity contribution in [2.75, 3.05) is 6.61 Å². The van der Waals surface area contributed by atoms with Crippen LogP contribution in [0.4, 0.5) is 4.39 Å². The van der Waals surface area contributed by atoms with Gasteiger partial charge in [0.05, 0.1) is 25.4 Å². The maximum Gasteiger partial charge on any atom is 0.189 e. The zero-order valence-corrected chi connectivity index (χ0v) is 9.91. The molecule has 0 bridgehead atoms. The van der Waals surface area contributed by atoms with Crippen molar-refractivity contribution in [3.05, 3.63) is 35.9 Å². The molecule has 0 aliphatic carbocycles. The SMILES string of the molecule is O[C@@H]1O[C@@H](COCc2ccccc2)C[C@H](O)[C@@H]1F. The van der Waals surface area contributed by atoms with E-state index < -0.39 is 24.7 Å². The van der Waals surface area contributed by atoms with E-state index >= 15 is 0 Å². The van der Waals surface area contributed by atoms with Gasteiger partial charge in [-0.3, -0.25) is 0 Å². The molecule has 0 saturated carbocycles. The Balaban J connectivity index is 1.74. The normalized spacial score (nSPS) is 32.4. The van der Waals surface area contributed by atoms with Crippen LogP contribution in [0.2, 0.25) is 0 Å². The van der Waals surface area contributed by atoms with Crippen LogP contribution >= 0.6 is 0 Å². The van der Waals surface area contributed by atoms with Gasteiger partial charge in [0.1, 0.15) is 0 Å². The Bertz CT molecular complexity index is 347. The zero-order valence-electron chi connectivity index (χ0n) is 9.91. The Morgan fingerprint density at radius 1 is 1.28 bits per heavy atom. The van der Waals surface area contributed by atoms with Crippen molar-refractivity contribution in [3.63, 3.8) is 0 Å². The van der Waals surface area contributed by atoms with Crippen molar-refractivity contribution in [1.29, 1.82) is 0 Å². The van der Waals surface area contributed by atoms with Crippen LogP contribution in [0.3, 0.4) is 0 Å². The molecule has 1 fully saturated rings. The van der Waals surface area contributed by atoms with E-state index in [0.717, 1.165) is 5.56 Å². The van der Waals surface area contributed by atoms with E-state index in [1.165, 1.54) is 0 Å². The second-order valence-corrected chi connectivity index (χ2v) is 4.40. The lowest BCUT2D eigenvalue weighted by Gasteiger charge is -2.32. The van der Waals surface area contributed by atoms with Gasteiger partial charge in [0.15, 0.2) is 12.5 Å². The molecule has 1 aromatic rings. The summed E-state index contributed by atoms with van der Waals surface area (Å²) in [5, 5.41) is 18.6. The van der Waals surface area contributed by atoms with E-state index in [9.17, 15) is 14.6 Å². The molecule has 0 radical (unpaired) electrons. The second-order valence-electron chi connectivity index (χ2n) is 4.40. The summed E-state index contributed by atoms with van der Waals surface area (Å²) in [5.41, 5.74) is 1.03. The van der Waals surface area contributed by atoms with Gasteiger partial charge in [-0.15, -0.1) is 0 Å². The molecule has 0 unspecified atom stereocenters. The number of ether oxygens (including phenoxy) is 2. The summed E-state index contributed by atoms with van der Waals surface area (Å²) >= 11 is 0. The van der Waals surface area contributed by atoms with Gasteiger partial charge < -0.3 is 19.7 Å². The van der Waals surface area contributed by atoms with Crippen LogP contribution < -0.4 is 0 Å². The van der Waals surface area contributed by atoms with Gasteiger partial charge in [-0.2, -0.15) is 0 Å². The van der Waals surface area contributed by atoms with Crippen molar-refractivity contribution in [3.8, 4) is 0 Å². The van der Waals surface area contributed by atoms with Gasteiger partial charge in [0.25, 0.3) is 0 Å². The van der Waals surface area contributed by atoms with Gasteiger partial charge in [0, 0.05) is 6.42 Å². The second kappa shape index (κ2) is 6.24. The van der Waals surface area contributed by atoms with Crippen LogP contribution in [-0.4, -0.2) is 41.5 Å².